The first kappa shape index (κ1) is 16.5. The summed E-state index contributed by atoms with van der Waals surface area (Å²) in [6, 6.07) is 8.36. The van der Waals surface area contributed by atoms with E-state index < -0.39 is 6.10 Å². The maximum atomic E-state index is 10.5. The highest BCUT2D eigenvalue weighted by molar-refractivity contribution is 5.28. The number of nitrogens with zero attached hydrogens (tertiary/aromatic N) is 1. The van der Waals surface area contributed by atoms with Gasteiger partial charge in [-0.3, -0.25) is 4.90 Å². The highest BCUT2D eigenvalue weighted by Crippen LogP contribution is 2.24. The maximum absolute atomic E-state index is 10.5. The summed E-state index contributed by atoms with van der Waals surface area (Å²) in [5.74, 6) is 0. The van der Waals surface area contributed by atoms with Crippen molar-refractivity contribution in [3.05, 3.63) is 35.4 Å². The molecule has 0 aromatic heterocycles. The Morgan fingerprint density at radius 2 is 1.67 bits per heavy atom. The molecule has 0 aliphatic carbocycles. The van der Waals surface area contributed by atoms with Gasteiger partial charge in [0.1, 0.15) is 0 Å². The predicted molar refractivity (Wildman–Crippen MR) is 86.6 cm³/mol. The topological polar surface area (TPSA) is 32.7 Å². The number of morpholine rings is 1. The third-order valence-corrected chi connectivity index (χ3v) is 4.09. The molecule has 118 valence electrons. The average molecular weight is 291 g/mol. The van der Waals surface area contributed by atoms with Gasteiger partial charge in [-0.25, -0.2) is 0 Å². The summed E-state index contributed by atoms with van der Waals surface area (Å²) in [5, 5.41) is 10.5. The molecule has 0 saturated carbocycles. The van der Waals surface area contributed by atoms with Crippen LogP contribution in [0.15, 0.2) is 24.3 Å². The van der Waals surface area contributed by atoms with Crippen molar-refractivity contribution in [1.82, 2.24) is 4.90 Å². The number of ether oxygens (including phenoxy) is 1. The van der Waals surface area contributed by atoms with Crippen molar-refractivity contribution in [3.8, 4) is 0 Å². The van der Waals surface area contributed by atoms with Gasteiger partial charge in [-0.05, 0) is 30.4 Å². The number of hydrogen-bond acceptors (Lipinski definition) is 3. The van der Waals surface area contributed by atoms with Crippen LogP contribution in [0.25, 0.3) is 0 Å². The van der Waals surface area contributed by atoms with Crippen LogP contribution in [-0.2, 0) is 10.2 Å². The molecule has 3 unspecified atom stereocenters. The monoisotopic (exact) mass is 291 g/mol. The summed E-state index contributed by atoms with van der Waals surface area (Å²) in [6.07, 6.45) is 0.0463. The molecule has 1 aliphatic heterocycles. The normalized spacial score (nSPS) is 25.8. The molecule has 0 bridgehead atoms. The molecule has 3 nitrogen and oxygen atoms in total. The molecule has 1 aliphatic rings. The van der Waals surface area contributed by atoms with Gasteiger partial charge in [0.25, 0.3) is 0 Å². The Labute approximate surface area is 128 Å². The van der Waals surface area contributed by atoms with Crippen LogP contribution in [0.5, 0.6) is 0 Å². The molecule has 1 N–H and O–H groups in total. The van der Waals surface area contributed by atoms with E-state index in [1.165, 1.54) is 5.56 Å². The maximum Gasteiger partial charge on any atom is 0.0916 e. The van der Waals surface area contributed by atoms with Crippen molar-refractivity contribution in [3.63, 3.8) is 0 Å². The molecule has 1 heterocycles. The van der Waals surface area contributed by atoms with E-state index in [2.05, 4.69) is 63.8 Å². The second kappa shape index (κ2) is 6.47. The zero-order chi connectivity index (χ0) is 15.6. The molecular formula is C18H29NO2. The lowest BCUT2D eigenvalue weighted by molar-refractivity contribution is -0.0767. The van der Waals surface area contributed by atoms with Gasteiger partial charge in [0.2, 0.25) is 0 Å². The van der Waals surface area contributed by atoms with Gasteiger partial charge >= 0.3 is 0 Å². The lowest BCUT2D eigenvalue weighted by Crippen LogP contribution is -2.46. The molecule has 3 heteroatoms. The fourth-order valence-corrected chi connectivity index (χ4v) is 2.99. The van der Waals surface area contributed by atoms with Crippen LogP contribution in [0.3, 0.4) is 0 Å². The van der Waals surface area contributed by atoms with Gasteiger partial charge in [-0.1, -0.05) is 45.0 Å². The Morgan fingerprint density at radius 1 is 1.14 bits per heavy atom. The van der Waals surface area contributed by atoms with E-state index in [-0.39, 0.29) is 17.6 Å². The first-order chi connectivity index (χ1) is 9.75. The van der Waals surface area contributed by atoms with Crippen molar-refractivity contribution >= 4 is 0 Å². The van der Waals surface area contributed by atoms with E-state index in [0.29, 0.717) is 6.54 Å². The van der Waals surface area contributed by atoms with Crippen LogP contribution in [0.2, 0.25) is 0 Å². The van der Waals surface area contributed by atoms with Crippen molar-refractivity contribution in [2.45, 2.75) is 58.3 Å². The Balaban J connectivity index is 1.98. The van der Waals surface area contributed by atoms with Gasteiger partial charge in [0.15, 0.2) is 0 Å². The standard InChI is InChI=1S/C18H29NO2/c1-13-10-19(11-14(2)21-13)12-17(20)15-6-8-16(9-7-15)18(3,4)5/h6-9,13-14,17,20H,10-12H2,1-5H3. The number of aliphatic hydroxyl groups excluding tert-OH is 1. The Morgan fingerprint density at radius 3 is 2.14 bits per heavy atom. The second-order valence-corrected chi connectivity index (χ2v) is 7.36. The molecule has 1 saturated heterocycles. The summed E-state index contributed by atoms with van der Waals surface area (Å²) in [7, 11) is 0. The minimum atomic E-state index is -0.434. The molecule has 1 aromatic rings. The average Bonchev–Trinajstić information content (AvgIpc) is 2.36. The summed E-state index contributed by atoms with van der Waals surface area (Å²) >= 11 is 0. The largest absolute Gasteiger partial charge is 0.387 e. The quantitative estimate of drug-likeness (QED) is 0.928. The van der Waals surface area contributed by atoms with E-state index in [1.807, 2.05) is 0 Å². The number of hydrogen-bond donors (Lipinski definition) is 1. The van der Waals surface area contributed by atoms with Gasteiger partial charge in [-0.2, -0.15) is 0 Å². The number of rotatable bonds is 3. The minimum Gasteiger partial charge on any atom is -0.387 e. The van der Waals surface area contributed by atoms with Gasteiger partial charge in [0.05, 0.1) is 18.3 Å². The Hall–Kier alpha value is -0.900. The summed E-state index contributed by atoms with van der Waals surface area (Å²) in [5.41, 5.74) is 2.44. The smallest absolute Gasteiger partial charge is 0.0916 e. The van der Waals surface area contributed by atoms with E-state index in [4.69, 9.17) is 4.74 Å². The summed E-state index contributed by atoms with van der Waals surface area (Å²) in [4.78, 5) is 2.29. The fraction of sp³-hybridized carbons (Fsp3) is 0.667. The lowest BCUT2D eigenvalue weighted by Gasteiger charge is -2.36. The highest BCUT2D eigenvalue weighted by atomic mass is 16.5. The van der Waals surface area contributed by atoms with Crippen molar-refractivity contribution in [2.75, 3.05) is 19.6 Å². The zero-order valence-electron chi connectivity index (χ0n) is 14.0. The van der Waals surface area contributed by atoms with Crippen LogP contribution in [0.4, 0.5) is 0 Å². The Bertz CT molecular complexity index is 439. The number of β-amino-alcohol motifs (C(OH)–C–C–N with tert-alkyl or cyclic N) is 1. The van der Waals surface area contributed by atoms with Crippen LogP contribution in [-0.4, -0.2) is 41.8 Å². The van der Waals surface area contributed by atoms with Crippen LogP contribution >= 0.6 is 0 Å². The van der Waals surface area contributed by atoms with E-state index in [0.717, 1.165) is 18.7 Å². The second-order valence-electron chi connectivity index (χ2n) is 7.36. The lowest BCUT2D eigenvalue weighted by atomic mass is 9.86. The molecule has 0 radical (unpaired) electrons. The summed E-state index contributed by atoms with van der Waals surface area (Å²) < 4.78 is 5.73. The summed E-state index contributed by atoms with van der Waals surface area (Å²) in [6.45, 7) is 13.2. The van der Waals surface area contributed by atoms with Crippen LogP contribution < -0.4 is 0 Å². The highest BCUT2D eigenvalue weighted by Gasteiger charge is 2.24. The third-order valence-electron chi connectivity index (χ3n) is 4.09. The zero-order valence-corrected chi connectivity index (χ0v) is 14.0. The Kier molecular flexibility index (Phi) is 5.07. The minimum absolute atomic E-state index is 0.151. The molecule has 0 amide bonds. The third kappa shape index (κ3) is 4.53. The van der Waals surface area contributed by atoms with E-state index in [1.54, 1.807) is 0 Å². The molecule has 3 atom stereocenters. The number of aliphatic hydroxyl groups is 1. The molecule has 0 spiro atoms. The number of benzene rings is 1. The van der Waals surface area contributed by atoms with Crippen LogP contribution in [0, 0.1) is 0 Å². The van der Waals surface area contributed by atoms with Crippen molar-refractivity contribution < 1.29 is 9.84 Å². The molecule has 1 fully saturated rings. The van der Waals surface area contributed by atoms with E-state index >= 15 is 0 Å². The van der Waals surface area contributed by atoms with Gasteiger partial charge < -0.3 is 9.84 Å². The van der Waals surface area contributed by atoms with Gasteiger partial charge in [-0.15, -0.1) is 0 Å². The van der Waals surface area contributed by atoms with E-state index in [9.17, 15) is 5.11 Å². The first-order valence-corrected chi connectivity index (χ1v) is 7.92. The first-order valence-electron chi connectivity index (χ1n) is 7.92. The molecule has 1 aromatic carbocycles. The van der Waals surface area contributed by atoms with Crippen molar-refractivity contribution in [2.24, 2.45) is 0 Å². The van der Waals surface area contributed by atoms with Crippen LogP contribution in [0.1, 0.15) is 51.8 Å². The predicted octanol–water partition coefficient (Wildman–Crippen LogP) is 3.13. The SMILES string of the molecule is CC1CN(CC(O)c2ccc(C(C)(C)C)cc2)CC(C)O1. The van der Waals surface area contributed by atoms with Gasteiger partial charge in [0, 0.05) is 19.6 Å². The molecule has 2 rings (SSSR count). The molecular weight excluding hydrogens is 262 g/mol. The molecule has 21 heavy (non-hydrogen) atoms. The fourth-order valence-electron chi connectivity index (χ4n) is 2.99. The van der Waals surface area contributed by atoms with Crippen molar-refractivity contribution in [1.29, 1.82) is 0 Å².